The highest BCUT2D eigenvalue weighted by Gasteiger charge is 2.25. The maximum Gasteiger partial charge on any atom is 0.143 e. The average molecular weight is 1310 g/mol. The van der Waals surface area contributed by atoms with Crippen molar-refractivity contribution in [3.63, 3.8) is 0 Å². The number of benzene rings is 19. The summed E-state index contributed by atoms with van der Waals surface area (Å²) in [6.07, 6.45) is 0. The first-order valence-electron chi connectivity index (χ1n) is 41.6. The number of rotatable bonds is 5. The van der Waals surface area contributed by atoms with E-state index in [0.29, 0.717) is 61.1 Å². The molecule has 0 amide bonds. The van der Waals surface area contributed by atoms with Gasteiger partial charge >= 0.3 is 0 Å². The number of furan rings is 4. The molecule has 0 aliphatic heterocycles. The molecule has 0 bridgehead atoms. The van der Waals surface area contributed by atoms with E-state index in [1.54, 1.807) is 6.07 Å². The summed E-state index contributed by atoms with van der Waals surface area (Å²) < 4.78 is 173. The molecule has 0 saturated carbocycles. The second-order valence-electron chi connectivity index (χ2n) is 25.8. The molecule has 0 spiro atoms. The lowest BCUT2D eigenvalue weighted by atomic mass is 9.84. The van der Waals surface area contributed by atoms with Crippen LogP contribution in [0.25, 0.3) is 230 Å². The van der Waals surface area contributed by atoms with Crippen molar-refractivity contribution in [3.8, 4) is 55.6 Å². The van der Waals surface area contributed by atoms with Gasteiger partial charge in [-0.3, -0.25) is 0 Å². The van der Waals surface area contributed by atoms with E-state index in [2.05, 4.69) is 30.3 Å². The van der Waals surface area contributed by atoms with E-state index < -0.39 is 48.3 Å². The van der Waals surface area contributed by atoms with Crippen LogP contribution in [0.2, 0.25) is 0 Å². The van der Waals surface area contributed by atoms with Crippen molar-refractivity contribution in [2.75, 3.05) is 0 Å². The Balaban J connectivity index is 0.000000143. The van der Waals surface area contributed by atoms with E-state index in [1.807, 2.05) is 206 Å². The molecule has 0 aliphatic carbocycles. The van der Waals surface area contributed by atoms with Gasteiger partial charge in [-0.2, -0.15) is 0 Å². The van der Waals surface area contributed by atoms with E-state index in [-0.39, 0.29) is 114 Å². The quantitative estimate of drug-likeness (QED) is 0.127. The molecule has 0 fully saturated rings. The van der Waals surface area contributed by atoms with Crippen molar-refractivity contribution in [1.29, 1.82) is 0 Å². The van der Waals surface area contributed by atoms with Crippen LogP contribution in [0, 0.1) is 0 Å². The Morgan fingerprint density at radius 1 is 0.186 bits per heavy atom. The summed E-state index contributed by atoms with van der Waals surface area (Å²) in [4.78, 5) is 0. The fourth-order valence-electron chi connectivity index (χ4n) is 16.3. The molecule has 0 aliphatic rings. The van der Waals surface area contributed by atoms with Crippen molar-refractivity contribution in [3.05, 3.63) is 339 Å². The van der Waals surface area contributed by atoms with Gasteiger partial charge in [0.25, 0.3) is 0 Å². The SMILES string of the molecule is [2H]c1c([2H])c([2H])c2c(-c3cc4oc5ccc6ccccc6c5c4c4ccccc34)c3c([2H])c([2H])c([2H])c([2H])c3c(-c3ccc(-c4cccc5c4oc4ccccc45)cc3)c2c1[2H].[2H]c1c([2H])c([2H])c2c(-c3cccc4oc5ccccc5c34)c3c([2H])c([2H])c([2H])c([2H])c3c(-c3ccc4c(c3)oc3c5ccccc5c5ccccc5c43)c2c1[2H]. The Hall–Kier alpha value is -13.5. The van der Waals surface area contributed by atoms with Crippen molar-refractivity contribution in [2.45, 2.75) is 0 Å². The average Bonchev–Trinajstić information content (AvgIpc) is 1.50. The highest BCUT2D eigenvalue weighted by molar-refractivity contribution is 6.33. The molecule has 0 atom stereocenters. The molecule has 0 saturated heterocycles. The summed E-state index contributed by atoms with van der Waals surface area (Å²) in [7, 11) is 0. The van der Waals surface area contributed by atoms with Gasteiger partial charge < -0.3 is 17.7 Å². The first kappa shape index (κ1) is 43.0. The maximum atomic E-state index is 9.57. The zero-order valence-corrected chi connectivity index (χ0v) is 53.7. The first-order chi connectivity index (χ1) is 57.3. The molecule has 0 N–H and O–H groups in total. The van der Waals surface area contributed by atoms with Crippen LogP contribution in [0.4, 0.5) is 0 Å². The second kappa shape index (κ2) is 22.0. The number of hydrogen-bond donors (Lipinski definition) is 0. The van der Waals surface area contributed by atoms with Gasteiger partial charge in [-0.25, -0.2) is 0 Å². The van der Waals surface area contributed by atoms with Crippen LogP contribution in [0.1, 0.15) is 21.9 Å². The first-order valence-corrected chi connectivity index (χ1v) is 33.6. The molecule has 102 heavy (non-hydrogen) atoms. The molecular formula is C98H56O4. The van der Waals surface area contributed by atoms with E-state index >= 15 is 0 Å². The van der Waals surface area contributed by atoms with E-state index in [4.69, 9.17) is 28.6 Å². The van der Waals surface area contributed by atoms with Crippen LogP contribution in [-0.4, -0.2) is 0 Å². The smallest absolute Gasteiger partial charge is 0.143 e. The molecule has 4 heterocycles. The fourth-order valence-corrected chi connectivity index (χ4v) is 16.3. The molecular weight excluding hydrogens is 1240 g/mol. The number of fused-ring (bicyclic) bond motifs is 25. The Morgan fingerprint density at radius 3 is 1.26 bits per heavy atom. The summed E-state index contributed by atoms with van der Waals surface area (Å²) in [6, 6.07) is 71.6. The molecule has 0 radical (unpaired) electrons. The minimum absolute atomic E-state index is 0.139. The molecule has 23 rings (SSSR count). The van der Waals surface area contributed by atoms with Gasteiger partial charge in [0, 0.05) is 54.0 Å². The van der Waals surface area contributed by atoms with Gasteiger partial charge in [0.2, 0.25) is 0 Å². The summed E-state index contributed by atoms with van der Waals surface area (Å²) in [5.41, 5.74) is 9.93. The lowest BCUT2D eigenvalue weighted by molar-refractivity contribution is 0.669. The highest BCUT2D eigenvalue weighted by Crippen LogP contribution is 2.52. The van der Waals surface area contributed by atoms with Crippen LogP contribution >= 0.6 is 0 Å². The van der Waals surface area contributed by atoms with Crippen LogP contribution in [-0.2, 0) is 0 Å². The van der Waals surface area contributed by atoms with Gasteiger partial charge in [0.1, 0.15) is 44.7 Å². The van der Waals surface area contributed by atoms with Crippen LogP contribution < -0.4 is 0 Å². The molecule has 19 aromatic carbocycles. The Bertz CT molecular complexity index is 8370. The zero-order chi connectivity index (χ0) is 80.6. The number of para-hydroxylation sites is 3. The third-order valence-electron chi connectivity index (χ3n) is 20.6. The van der Waals surface area contributed by atoms with E-state index in [0.717, 1.165) is 103 Å². The topological polar surface area (TPSA) is 52.6 Å². The molecule has 4 nitrogen and oxygen atoms in total. The molecule has 4 heteroatoms. The van der Waals surface area contributed by atoms with Crippen molar-refractivity contribution >= 4 is 174 Å². The van der Waals surface area contributed by atoms with Gasteiger partial charge in [-0.1, -0.05) is 297 Å². The van der Waals surface area contributed by atoms with Gasteiger partial charge in [0.05, 0.1) is 21.9 Å². The van der Waals surface area contributed by atoms with Crippen molar-refractivity contribution in [2.24, 2.45) is 0 Å². The molecule has 4 aromatic heterocycles. The van der Waals surface area contributed by atoms with Crippen LogP contribution in [0.3, 0.4) is 0 Å². The highest BCUT2D eigenvalue weighted by atomic mass is 16.3. The predicted molar refractivity (Wildman–Crippen MR) is 429 cm³/mol. The standard InChI is InChI=1S/C52H30O2.C46H26O2/c1-2-13-34-31(12-1)28-29-46-50(34)51-38-16-4-3-14-36(38)44(30-47(51)53-46)49-41-19-7-5-17-39(41)48(40-18-6-8-20-42(40)49)33-26-24-32(25-27-33)35-21-11-22-43-37-15-9-10-23-45(37)54-52(35)43;1-3-14-30-28(12-1)29-13-2-8-19-35(29)46-45(30)37-25-24-27(26-41(37)48-46)42-31-15-4-6-17-33(31)43(34-18-7-5-16-32(34)42)38-21-11-23-40-44(38)36-20-9-10-22-39(36)47-40/h1-30H;1-26H/i5D,6D,7D,8D,17D,18D,19D,20D;4D,5D,6D,7D,15D,16D,17D,18D. The lowest BCUT2D eigenvalue weighted by Gasteiger charge is -2.19. The molecule has 23 aromatic rings. The Kier molecular flexibility index (Phi) is 9.26. The fraction of sp³-hybridized carbons (Fsp3) is 0. The summed E-state index contributed by atoms with van der Waals surface area (Å²) in [5, 5.41) is 15.9. The van der Waals surface area contributed by atoms with Crippen LogP contribution in [0.5, 0.6) is 0 Å². The predicted octanol–water partition coefficient (Wildman–Crippen LogP) is 28.5. The van der Waals surface area contributed by atoms with Gasteiger partial charge in [-0.15, -0.1) is 0 Å². The van der Waals surface area contributed by atoms with Crippen molar-refractivity contribution in [1.82, 2.24) is 0 Å². The maximum absolute atomic E-state index is 9.57. The van der Waals surface area contributed by atoms with Crippen molar-refractivity contribution < 1.29 is 39.6 Å². The van der Waals surface area contributed by atoms with Gasteiger partial charge in [0.15, 0.2) is 0 Å². The molecule has 472 valence electrons. The summed E-state index contributed by atoms with van der Waals surface area (Å²) in [5.74, 6) is 0. The minimum Gasteiger partial charge on any atom is -0.456 e. The third kappa shape index (κ3) is 8.26. The zero-order valence-electron chi connectivity index (χ0n) is 69.7. The summed E-state index contributed by atoms with van der Waals surface area (Å²) >= 11 is 0. The Labute approximate surface area is 605 Å². The lowest BCUT2D eigenvalue weighted by Crippen LogP contribution is -1.92. The molecule has 0 unspecified atom stereocenters. The second-order valence-corrected chi connectivity index (χ2v) is 25.8. The normalized spacial score (nSPS) is 14.3. The van der Waals surface area contributed by atoms with E-state index in [1.165, 1.54) is 0 Å². The number of hydrogen-bond acceptors (Lipinski definition) is 4. The van der Waals surface area contributed by atoms with E-state index in [9.17, 15) is 11.0 Å². The summed E-state index contributed by atoms with van der Waals surface area (Å²) in [6.45, 7) is 0. The third-order valence-corrected chi connectivity index (χ3v) is 20.6. The largest absolute Gasteiger partial charge is 0.456 e. The Morgan fingerprint density at radius 2 is 0.598 bits per heavy atom. The minimum atomic E-state index is -0.454. The van der Waals surface area contributed by atoms with Crippen LogP contribution in [0.15, 0.2) is 357 Å². The monoisotopic (exact) mass is 1310 g/mol. The van der Waals surface area contributed by atoms with Gasteiger partial charge in [-0.05, 0) is 173 Å².